The number of hydrogen-bond donors (Lipinski definition) is 7. The van der Waals surface area contributed by atoms with E-state index in [0.29, 0.717) is 89.9 Å². The van der Waals surface area contributed by atoms with Gasteiger partial charge in [-0.15, -0.1) is 11.3 Å². The summed E-state index contributed by atoms with van der Waals surface area (Å²) in [5.74, 6) is -2.41. The number of aliphatic imine (C=N–C) groups is 1. The van der Waals surface area contributed by atoms with Crippen LogP contribution in [0.15, 0.2) is 119 Å². The molecule has 2 aliphatic rings. The Labute approximate surface area is 463 Å². The number of aryl methyl sites for hydroxylation is 1. The fourth-order valence-corrected chi connectivity index (χ4v) is 9.54. The van der Waals surface area contributed by atoms with Gasteiger partial charge in [0.15, 0.2) is 0 Å². The van der Waals surface area contributed by atoms with Crippen LogP contribution in [0.1, 0.15) is 51.1 Å². The number of urea groups is 1. The molecule has 20 nitrogen and oxygen atoms in total. The largest absolute Gasteiger partial charge is 0.388 e. The summed E-state index contributed by atoms with van der Waals surface area (Å²) in [4.78, 5) is 71.8. The second-order valence-electron chi connectivity index (χ2n) is 18.0. The summed E-state index contributed by atoms with van der Waals surface area (Å²) in [7, 11) is 0. The van der Waals surface area contributed by atoms with Crippen molar-refractivity contribution in [1.82, 2.24) is 46.4 Å². The monoisotopic (exact) mass is 1120 g/mol. The lowest BCUT2D eigenvalue weighted by Crippen LogP contribution is -2.51. The van der Waals surface area contributed by atoms with Gasteiger partial charge in [0.05, 0.1) is 72.6 Å². The highest BCUT2D eigenvalue weighted by Gasteiger charge is 2.35. The van der Waals surface area contributed by atoms with Crippen LogP contribution >= 0.6 is 22.9 Å². The molecule has 0 aliphatic carbocycles. The third-order valence-electron chi connectivity index (χ3n) is 12.5. The second-order valence-corrected chi connectivity index (χ2v) is 19.3. The molecule has 24 heteroatoms. The number of benzene rings is 4. The van der Waals surface area contributed by atoms with Gasteiger partial charge in [-0.25, -0.2) is 34.1 Å². The minimum atomic E-state index is -0.746. The van der Waals surface area contributed by atoms with Crippen LogP contribution in [0.5, 0.6) is 0 Å². The SMILES string of the molecule is Cc1ncsc1-c1ccc(CNC(=O)[C@@H]2CCCN2C(=O)NC(=O)COCCNCCN/C=C(/COCCOCCNC(=O)c2ccc(Nc3ncc4c(n3)-c3ccc(Cl)cc3C(c3c(F)cccc3F)=NC4)cc2)N=N)cc1. The smallest absolute Gasteiger partial charge is 0.324 e. The Kier molecular flexibility index (Phi) is 20.7. The lowest BCUT2D eigenvalue weighted by Gasteiger charge is -2.24. The molecular formula is C55H58ClF2N13O7S. The summed E-state index contributed by atoms with van der Waals surface area (Å²) in [5, 5.41) is 21.3. The molecule has 1 fully saturated rings. The zero-order chi connectivity index (χ0) is 55.5. The lowest BCUT2D eigenvalue weighted by atomic mass is 9.95. The van der Waals surface area contributed by atoms with Gasteiger partial charge in [0.1, 0.15) is 30.0 Å². The fraction of sp³-hybridized carbons (Fsp3) is 0.309. The molecule has 4 aromatic carbocycles. The van der Waals surface area contributed by atoms with Crippen molar-refractivity contribution in [3.8, 4) is 21.7 Å². The van der Waals surface area contributed by atoms with Gasteiger partial charge in [-0.2, -0.15) is 5.11 Å². The zero-order valence-electron chi connectivity index (χ0n) is 43.1. The van der Waals surface area contributed by atoms with Crippen LogP contribution < -0.4 is 31.9 Å². The van der Waals surface area contributed by atoms with Crippen LogP contribution in [0.3, 0.4) is 0 Å². The number of imide groups is 1. The normalized spacial score (nSPS) is 13.9. The molecule has 0 bridgehead atoms. The van der Waals surface area contributed by atoms with Crippen molar-refractivity contribution in [1.29, 1.82) is 5.53 Å². The number of hydrogen-bond acceptors (Lipinski definition) is 17. The van der Waals surface area contributed by atoms with Crippen LogP contribution in [0.25, 0.3) is 21.7 Å². The zero-order valence-corrected chi connectivity index (χ0v) is 44.7. The fourth-order valence-electron chi connectivity index (χ4n) is 8.55. The number of anilines is 2. The number of thiazole rings is 1. The Morgan fingerprint density at radius 2 is 1.65 bits per heavy atom. The van der Waals surface area contributed by atoms with Gasteiger partial charge in [-0.05, 0) is 79.4 Å². The van der Waals surface area contributed by atoms with Crippen LogP contribution in [-0.2, 0) is 36.9 Å². The number of carbonyl (C=O) groups excluding carboxylic acids is 4. The third-order valence-corrected chi connectivity index (χ3v) is 13.7. The second kappa shape index (κ2) is 28.6. The first-order valence-corrected chi connectivity index (χ1v) is 26.6. The van der Waals surface area contributed by atoms with E-state index in [2.05, 4.69) is 52.0 Å². The van der Waals surface area contributed by atoms with E-state index in [0.717, 1.165) is 21.7 Å². The maximum absolute atomic E-state index is 14.9. The van der Waals surface area contributed by atoms with Gasteiger partial charge >= 0.3 is 6.03 Å². The Balaban J connectivity index is 0.641. The number of ether oxygens (including phenoxy) is 3. The molecule has 0 spiro atoms. The number of aromatic nitrogens is 3. The molecule has 412 valence electrons. The molecule has 1 atom stereocenters. The summed E-state index contributed by atoms with van der Waals surface area (Å²) >= 11 is 7.92. The average Bonchev–Trinajstić information content (AvgIpc) is 4.22. The molecule has 8 rings (SSSR count). The van der Waals surface area contributed by atoms with Crippen molar-refractivity contribution >= 4 is 64.0 Å². The molecule has 2 aliphatic heterocycles. The molecule has 7 N–H and O–H groups in total. The summed E-state index contributed by atoms with van der Waals surface area (Å²) in [6.45, 7) is 5.19. The Hall–Kier alpha value is -7.93. The molecule has 0 saturated carbocycles. The minimum Gasteiger partial charge on any atom is -0.388 e. The number of nitrogens with zero attached hydrogens (tertiary/aromatic N) is 6. The molecule has 1 saturated heterocycles. The van der Waals surface area contributed by atoms with E-state index in [-0.39, 0.29) is 81.8 Å². The van der Waals surface area contributed by atoms with Crippen molar-refractivity contribution < 1.29 is 42.2 Å². The molecular weight excluding hydrogens is 1060 g/mol. The number of carbonyl (C=O) groups is 4. The van der Waals surface area contributed by atoms with E-state index in [1.807, 2.05) is 36.7 Å². The van der Waals surface area contributed by atoms with Crippen LogP contribution in [0.4, 0.5) is 25.2 Å². The van der Waals surface area contributed by atoms with Gasteiger partial charge < -0.3 is 45.7 Å². The van der Waals surface area contributed by atoms with Gasteiger partial charge in [-0.3, -0.25) is 24.7 Å². The first kappa shape index (κ1) is 57.3. The molecule has 2 aromatic heterocycles. The van der Waals surface area contributed by atoms with E-state index < -0.39 is 29.6 Å². The maximum atomic E-state index is 14.9. The van der Waals surface area contributed by atoms with E-state index >= 15 is 0 Å². The summed E-state index contributed by atoms with van der Waals surface area (Å²) in [6.07, 6.45) is 4.33. The number of rotatable bonds is 26. The quantitative estimate of drug-likeness (QED) is 0.0206. The molecule has 0 unspecified atom stereocenters. The van der Waals surface area contributed by atoms with Crippen LogP contribution in [0, 0.1) is 24.1 Å². The van der Waals surface area contributed by atoms with Crippen molar-refractivity contribution in [3.63, 3.8) is 0 Å². The van der Waals surface area contributed by atoms with Gasteiger partial charge in [0, 0.05) is 84.6 Å². The Morgan fingerprint density at radius 1 is 0.873 bits per heavy atom. The van der Waals surface area contributed by atoms with Gasteiger partial charge in [0.2, 0.25) is 11.9 Å². The predicted octanol–water partition coefficient (Wildman–Crippen LogP) is 7.45. The Morgan fingerprint density at radius 3 is 2.42 bits per heavy atom. The van der Waals surface area contributed by atoms with E-state index in [4.69, 9.17) is 36.3 Å². The van der Waals surface area contributed by atoms with Crippen molar-refractivity contribution in [2.45, 2.75) is 38.9 Å². The summed E-state index contributed by atoms with van der Waals surface area (Å²) in [6, 6.07) is 22.0. The van der Waals surface area contributed by atoms with Crippen molar-refractivity contribution in [2.75, 3.05) is 77.7 Å². The standard InChI is InChI=1S/C55H58ClF2N13O7S/c1-34-51(79-33-66-34)36-9-7-35(8-10-36)27-64-53(74)46-6-3-21-71(46)55(75)68-47(72)32-77-22-19-60-17-18-61-30-41(70-59)31-78-25-24-76-23-20-62-52(73)37-11-14-40(15-12-37)67-54-65-29-38-28-63-50(48-44(57)4-2-5-45(48)58)43-26-39(56)13-16-42(43)49(38)69-54/h2,4-5,7-16,26,29-30,33,46,59-61H,3,6,17-25,27-28,31-32H2,1H3,(H,62,73)(H,64,74)(H,65,67,69)(H,68,72,75)/b41-30-,70-59?/t46-/m0/s1. The van der Waals surface area contributed by atoms with Gasteiger partial charge in [0.25, 0.3) is 11.8 Å². The number of amides is 5. The predicted molar refractivity (Wildman–Crippen MR) is 294 cm³/mol. The van der Waals surface area contributed by atoms with Crippen LogP contribution in [0.2, 0.25) is 5.02 Å². The van der Waals surface area contributed by atoms with E-state index in [1.54, 1.807) is 66.2 Å². The summed E-state index contributed by atoms with van der Waals surface area (Å²) < 4.78 is 46.5. The Bertz CT molecular complexity index is 3160. The first-order valence-electron chi connectivity index (χ1n) is 25.4. The highest BCUT2D eigenvalue weighted by atomic mass is 35.5. The lowest BCUT2D eigenvalue weighted by molar-refractivity contribution is -0.126. The van der Waals surface area contributed by atoms with Crippen LogP contribution in [-0.4, -0.2) is 128 Å². The first-order chi connectivity index (χ1) is 38.4. The minimum absolute atomic E-state index is 0.0795. The average molecular weight is 1120 g/mol. The van der Waals surface area contributed by atoms with Crippen molar-refractivity contribution in [3.05, 3.63) is 159 Å². The number of likely N-dealkylation sites (tertiary alicyclic amines) is 1. The van der Waals surface area contributed by atoms with E-state index in [9.17, 15) is 28.0 Å². The number of fused-ring (bicyclic) bond motifs is 3. The van der Waals surface area contributed by atoms with Gasteiger partial charge in [-0.1, -0.05) is 48.0 Å². The topological polar surface area (TPSA) is 259 Å². The molecule has 5 amide bonds. The molecule has 0 radical (unpaired) electrons. The molecule has 79 heavy (non-hydrogen) atoms. The van der Waals surface area contributed by atoms with Crippen molar-refractivity contribution in [2.24, 2.45) is 10.1 Å². The number of nitrogens with one attached hydrogen (secondary N) is 7. The highest BCUT2D eigenvalue weighted by Crippen LogP contribution is 2.35. The number of halogens is 3. The highest BCUT2D eigenvalue weighted by molar-refractivity contribution is 7.13. The molecule has 4 heterocycles. The third kappa shape index (κ3) is 15.9. The summed E-state index contributed by atoms with van der Waals surface area (Å²) in [5.41, 5.74) is 15.7. The van der Waals surface area contributed by atoms with E-state index in [1.165, 1.54) is 23.1 Å². The molecule has 6 aromatic rings. The maximum Gasteiger partial charge on any atom is 0.324 e.